The summed E-state index contributed by atoms with van der Waals surface area (Å²) in [6, 6.07) is 16.7. The van der Waals surface area contributed by atoms with Crippen LogP contribution in [0.5, 0.6) is 0 Å². The second-order valence-electron chi connectivity index (χ2n) is 8.26. The Morgan fingerprint density at radius 1 is 0.974 bits per heavy atom. The summed E-state index contributed by atoms with van der Waals surface area (Å²) in [5.74, 6) is -1.55. The van der Waals surface area contributed by atoms with Gasteiger partial charge >= 0.3 is 12.1 Å². The molecule has 0 saturated carbocycles. The number of nitrogens with zero attached hydrogens (tertiary/aromatic N) is 3. The van der Waals surface area contributed by atoms with Gasteiger partial charge in [-0.15, -0.1) is 0 Å². The van der Waals surface area contributed by atoms with Gasteiger partial charge in [-0.3, -0.25) is 4.90 Å². The second-order valence-corrected chi connectivity index (χ2v) is 10.1. The van der Waals surface area contributed by atoms with Crippen LogP contribution in [-0.4, -0.2) is 60.7 Å². The third kappa shape index (κ3) is 8.68. The first kappa shape index (κ1) is 28.8. The van der Waals surface area contributed by atoms with Gasteiger partial charge in [-0.05, 0) is 68.9 Å². The summed E-state index contributed by atoms with van der Waals surface area (Å²) >= 11 is 0. The number of rotatable bonds is 8. The lowest BCUT2D eigenvalue weighted by Gasteiger charge is -2.15. The molecule has 2 heterocycles. The molecule has 14 heteroatoms. The summed E-state index contributed by atoms with van der Waals surface area (Å²) in [5.41, 5.74) is 2.85. The quantitative estimate of drug-likeness (QED) is 0.326. The molecule has 204 valence electrons. The van der Waals surface area contributed by atoms with Gasteiger partial charge in [0.05, 0.1) is 4.90 Å². The zero-order valence-corrected chi connectivity index (χ0v) is 21.2. The molecule has 0 atom stereocenters. The number of hydrogen-bond acceptors (Lipinski definition) is 8. The monoisotopic (exact) mass is 552 g/mol. The number of halogens is 3. The maximum absolute atomic E-state index is 12.0. The fourth-order valence-corrected chi connectivity index (χ4v) is 4.37. The molecule has 10 nitrogen and oxygen atoms in total. The maximum atomic E-state index is 12.0. The average Bonchev–Trinajstić information content (AvgIpc) is 3.37. The molecule has 4 rings (SSSR count). The number of benzene rings is 2. The van der Waals surface area contributed by atoms with Crippen molar-refractivity contribution in [1.82, 2.24) is 19.6 Å². The summed E-state index contributed by atoms with van der Waals surface area (Å²) in [6.45, 7) is 3.28. The van der Waals surface area contributed by atoms with Crippen LogP contribution in [0.1, 0.15) is 18.4 Å². The summed E-state index contributed by atoms with van der Waals surface area (Å²) < 4.78 is 58.1. The first-order chi connectivity index (χ1) is 18.0. The van der Waals surface area contributed by atoms with Crippen molar-refractivity contribution in [2.45, 2.75) is 30.5 Å². The number of nitrogens with one attached hydrogen (secondary N) is 3. The molecule has 1 fully saturated rings. The Bertz CT molecular complexity index is 1350. The van der Waals surface area contributed by atoms with E-state index < -0.39 is 22.2 Å². The number of carboxylic acid groups (broad SMARTS) is 1. The van der Waals surface area contributed by atoms with Gasteiger partial charge in [0.25, 0.3) is 0 Å². The number of alkyl halides is 3. The van der Waals surface area contributed by atoms with Crippen LogP contribution >= 0.6 is 0 Å². The van der Waals surface area contributed by atoms with Crippen molar-refractivity contribution < 1.29 is 31.5 Å². The largest absolute Gasteiger partial charge is 0.490 e. The fraction of sp³-hybridized carbons (Fsp3) is 0.292. The molecular formula is C24H27F3N6O4S. The Balaban J connectivity index is 0.000000505. The van der Waals surface area contributed by atoms with Crippen molar-refractivity contribution in [2.75, 3.05) is 30.8 Å². The minimum absolute atomic E-state index is 0.183. The van der Waals surface area contributed by atoms with Crippen molar-refractivity contribution in [1.29, 1.82) is 0 Å². The molecule has 0 aliphatic carbocycles. The van der Waals surface area contributed by atoms with E-state index >= 15 is 0 Å². The van der Waals surface area contributed by atoms with E-state index in [1.807, 2.05) is 12.1 Å². The molecular weight excluding hydrogens is 525 g/mol. The van der Waals surface area contributed by atoms with Gasteiger partial charge in [0, 0.05) is 24.0 Å². The lowest BCUT2D eigenvalue weighted by atomic mass is 10.2. The Morgan fingerprint density at radius 2 is 1.53 bits per heavy atom. The van der Waals surface area contributed by atoms with Crippen molar-refractivity contribution >= 4 is 39.0 Å². The summed E-state index contributed by atoms with van der Waals surface area (Å²) in [5, 5.41) is 13.6. The van der Waals surface area contributed by atoms with E-state index in [2.05, 4.69) is 42.4 Å². The Kier molecular flexibility index (Phi) is 9.61. The summed E-state index contributed by atoms with van der Waals surface area (Å²) in [6.07, 6.45) is -1.07. The number of carbonyl (C=O) groups is 1. The van der Waals surface area contributed by atoms with Crippen molar-refractivity contribution in [3.8, 4) is 0 Å². The highest BCUT2D eigenvalue weighted by Gasteiger charge is 2.38. The second kappa shape index (κ2) is 12.7. The Labute approximate surface area is 218 Å². The topological polar surface area (TPSA) is 137 Å². The number of sulfonamides is 1. The van der Waals surface area contributed by atoms with Crippen LogP contribution in [0.4, 0.5) is 36.2 Å². The average molecular weight is 553 g/mol. The summed E-state index contributed by atoms with van der Waals surface area (Å²) in [4.78, 5) is 20.1. The van der Waals surface area contributed by atoms with Gasteiger partial charge in [0.15, 0.2) is 0 Å². The predicted octanol–water partition coefficient (Wildman–Crippen LogP) is 4.10. The number of hydrogen-bond donors (Lipinski definition) is 4. The van der Waals surface area contributed by atoms with Crippen LogP contribution in [0.2, 0.25) is 0 Å². The van der Waals surface area contributed by atoms with E-state index in [1.54, 1.807) is 30.3 Å². The van der Waals surface area contributed by atoms with Crippen LogP contribution in [0.3, 0.4) is 0 Å². The van der Waals surface area contributed by atoms with Gasteiger partial charge in [-0.25, -0.2) is 27.9 Å². The number of carboxylic acids is 1. The molecule has 4 N–H and O–H groups in total. The van der Waals surface area contributed by atoms with Crippen LogP contribution < -0.4 is 15.4 Å². The lowest BCUT2D eigenvalue weighted by molar-refractivity contribution is -0.192. The normalized spacial score (nSPS) is 13.9. The van der Waals surface area contributed by atoms with Crippen molar-refractivity contribution in [3.63, 3.8) is 0 Å². The van der Waals surface area contributed by atoms with Gasteiger partial charge in [-0.1, -0.05) is 18.2 Å². The van der Waals surface area contributed by atoms with Crippen LogP contribution in [0.15, 0.2) is 65.8 Å². The smallest absolute Gasteiger partial charge is 0.475 e. The minimum atomic E-state index is -5.08. The highest BCUT2D eigenvalue weighted by molar-refractivity contribution is 7.89. The molecule has 1 aliphatic heterocycles. The predicted molar refractivity (Wildman–Crippen MR) is 136 cm³/mol. The molecule has 1 saturated heterocycles. The first-order valence-electron chi connectivity index (χ1n) is 11.5. The molecule has 0 amide bonds. The van der Waals surface area contributed by atoms with E-state index in [-0.39, 0.29) is 4.90 Å². The zero-order valence-electron chi connectivity index (χ0n) is 20.4. The van der Waals surface area contributed by atoms with Crippen molar-refractivity contribution in [2.24, 2.45) is 0 Å². The van der Waals surface area contributed by atoms with Crippen LogP contribution in [0.25, 0.3) is 0 Å². The molecule has 3 aromatic rings. The number of anilines is 4. The Hall–Kier alpha value is -3.75. The molecule has 1 aromatic heterocycles. The number of aliphatic carboxylic acids is 1. The molecule has 0 unspecified atom stereocenters. The van der Waals surface area contributed by atoms with E-state index in [1.165, 1.54) is 31.8 Å². The number of aromatic nitrogens is 2. The fourth-order valence-electron chi connectivity index (χ4n) is 3.60. The van der Waals surface area contributed by atoms with Gasteiger partial charge < -0.3 is 15.7 Å². The van der Waals surface area contributed by atoms with Gasteiger partial charge in [0.2, 0.25) is 10.0 Å². The molecule has 1 aliphatic rings. The highest BCUT2D eigenvalue weighted by atomic mass is 32.2. The summed E-state index contributed by atoms with van der Waals surface area (Å²) in [7, 11) is -2.13. The van der Waals surface area contributed by atoms with Gasteiger partial charge in [-0.2, -0.15) is 13.2 Å². The van der Waals surface area contributed by atoms with E-state index in [0.29, 0.717) is 17.3 Å². The van der Waals surface area contributed by atoms with E-state index in [0.717, 1.165) is 25.3 Å². The molecule has 0 radical (unpaired) electrons. The molecule has 0 spiro atoms. The maximum Gasteiger partial charge on any atom is 0.490 e. The van der Waals surface area contributed by atoms with E-state index in [9.17, 15) is 21.6 Å². The van der Waals surface area contributed by atoms with Crippen molar-refractivity contribution in [3.05, 3.63) is 66.5 Å². The molecule has 38 heavy (non-hydrogen) atoms. The Morgan fingerprint density at radius 3 is 2.08 bits per heavy atom. The van der Waals surface area contributed by atoms with Crippen LogP contribution in [-0.2, 0) is 21.4 Å². The highest BCUT2D eigenvalue weighted by Crippen LogP contribution is 2.23. The lowest BCUT2D eigenvalue weighted by Crippen LogP contribution is -2.21. The van der Waals surface area contributed by atoms with E-state index in [4.69, 9.17) is 9.90 Å². The zero-order chi connectivity index (χ0) is 27.8. The number of likely N-dealkylation sites (tertiary alicyclic amines) is 1. The molecule has 0 bridgehead atoms. The standard InChI is InChI=1S/C22H26N6O2S.C2HF3O2/c1-23-31(29,30)20-9-5-8-19(13-20)27-22-14-21(24-16-25-22)26-18-7-4-6-17(12-18)15-28-10-2-3-11-28;3-2(4,5)1(6)7/h4-9,12-14,16,23H,2-3,10-11,15H2,1H3,(H2,24,25,26,27);(H,6,7). The first-order valence-corrected chi connectivity index (χ1v) is 13.0. The minimum Gasteiger partial charge on any atom is -0.475 e. The third-order valence-corrected chi connectivity index (χ3v) is 6.81. The molecule has 2 aromatic carbocycles. The van der Waals surface area contributed by atoms with Gasteiger partial charge in [0.1, 0.15) is 18.0 Å². The third-order valence-electron chi connectivity index (χ3n) is 5.40. The SMILES string of the molecule is CNS(=O)(=O)c1cccc(Nc2cc(Nc3cccc(CN4CCCC4)c3)ncn2)c1.O=C(O)C(F)(F)F. The van der Waals surface area contributed by atoms with Crippen LogP contribution in [0, 0.1) is 0 Å².